The van der Waals surface area contributed by atoms with Crippen LogP contribution in [0.25, 0.3) is 0 Å². The lowest BCUT2D eigenvalue weighted by Gasteiger charge is -2.24. The van der Waals surface area contributed by atoms with Crippen LogP contribution in [0.15, 0.2) is 18.2 Å². The van der Waals surface area contributed by atoms with Gasteiger partial charge < -0.3 is 10.6 Å². The Morgan fingerprint density at radius 2 is 1.65 bits per heavy atom. The number of benzene rings is 1. The molecular weight excluding hydrogens is 302 g/mol. The van der Waals surface area contributed by atoms with Crippen molar-refractivity contribution in [1.29, 1.82) is 0 Å². The van der Waals surface area contributed by atoms with Crippen LogP contribution in [0.4, 0.5) is 8.78 Å². The third kappa shape index (κ3) is 5.30. The minimum Gasteiger partial charge on any atom is -0.352 e. The normalized spacial score (nSPS) is 13.5. The number of hydrogen-bond acceptors (Lipinski definition) is 2. The highest BCUT2D eigenvalue weighted by atomic mass is 19.1. The monoisotopic (exact) mass is 326 g/mol. The maximum absolute atomic E-state index is 13.7. The van der Waals surface area contributed by atoms with Crippen molar-refractivity contribution in [3.63, 3.8) is 0 Å². The number of carbonyl (C=O) groups excluding carboxylic acids is 2. The van der Waals surface area contributed by atoms with E-state index in [0.717, 1.165) is 25.0 Å². The summed E-state index contributed by atoms with van der Waals surface area (Å²) in [5, 5.41) is 5.24. The average molecular weight is 326 g/mol. The summed E-state index contributed by atoms with van der Waals surface area (Å²) < 4.78 is 27.3. The first-order chi connectivity index (χ1) is 10.8. The quantitative estimate of drug-likeness (QED) is 0.809. The number of halogens is 2. The number of rotatable bonds is 7. The predicted octanol–water partition coefficient (Wildman–Crippen LogP) is 3.02. The minimum atomic E-state index is -0.954. The Hall–Kier alpha value is -1.98. The standard InChI is InChI=1S/C17H24F2N2O2/c1-5-7-11(4)20-17(23)15(10(2)3)21-16(22)14-12(18)8-6-9-13(14)19/h6,8-11,15H,5,7H2,1-4H3,(H,20,23)(H,21,22). The summed E-state index contributed by atoms with van der Waals surface area (Å²) in [5.74, 6) is -3.42. The number of hydrogen-bond donors (Lipinski definition) is 2. The fraction of sp³-hybridized carbons (Fsp3) is 0.529. The van der Waals surface area contributed by atoms with E-state index in [1.54, 1.807) is 13.8 Å². The van der Waals surface area contributed by atoms with E-state index in [-0.39, 0.29) is 17.9 Å². The third-order valence-electron chi connectivity index (χ3n) is 3.54. The molecule has 1 rings (SSSR count). The molecule has 2 atom stereocenters. The van der Waals surface area contributed by atoms with Gasteiger partial charge in [-0.1, -0.05) is 33.3 Å². The second-order valence-electron chi connectivity index (χ2n) is 5.99. The van der Waals surface area contributed by atoms with Gasteiger partial charge in [0.05, 0.1) is 0 Å². The van der Waals surface area contributed by atoms with Gasteiger partial charge in [-0.3, -0.25) is 9.59 Å². The van der Waals surface area contributed by atoms with Gasteiger partial charge in [0.1, 0.15) is 23.2 Å². The Morgan fingerprint density at radius 1 is 1.09 bits per heavy atom. The van der Waals surface area contributed by atoms with Crippen molar-refractivity contribution < 1.29 is 18.4 Å². The van der Waals surface area contributed by atoms with Gasteiger partial charge in [-0.25, -0.2) is 8.78 Å². The van der Waals surface area contributed by atoms with Crippen LogP contribution in [0.5, 0.6) is 0 Å². The van der Waals surface area contributed by atoms with Crippen molar-refractivity contribution in [3.05, 3.63) is 35.4 Å². The second kappa shape index (κ2) is 8.60. The first kappa shape index (κ1) is 19.1. The highest BCUT2D eigenvalue weighted by Crippen LogP contribution is 2.13. The van der Waals surface area contributed by atoms with Crippen molar-refractivity contribution >= 4 is 11.8 Å². The van der Waals surface area contributed by atoms with Gasteiger partial charge in [0.25, 0.3) is 5.91 Å². The summed E-state index contributed by atoms with van der Waals surface area (Å²) in [4.78, 5) is 24.4. The van der Waals surface area contributed by atoms with Crippen LogP contribution in [-0.2, 0) is 4.79 Å². The molecule has 1 aromatic rings. The Balaban J connectivity index is 2.87. The van der Waals surface area contributed by atoms with E-state index in [1.807, 2.05) is 13.8 Å². The molecule has 6 heteroatoms. The molecule has 2 unspecified atom stereocenters. The maximum atomic E-state index is 13.7. The first-order valence-corrected chi connectivity index (χ1v) is 7.83. The van der Waals surface area contributed by atoms with Gasteiger partial charge in [0.2, 0.25) is 5.91 Å². The third-order valence-corrected chi connectivity index (χ3v) is 3.54. The number of carbonyl (C=O) groups is 2. The molecule has 0 radical (unpaired) electrons. The summed E-state index contributed by atoms with van der Waals surface area (Å²) in [6.45, 7) is 7.39. The van der Waals surface area contributed by atoms with Crippen molar-refractivity contribution in [2.24, 2.45) is 5.92 Å². The first-order valence-electron chi connectivity index (χ1n) is 7.83. The molecule has 2 N–H and O–H groups in total. The molecule has 0 bridgehead atoms. The second-order valence-corrected chi connectivity index (χ2v) is 5.99. The van der Waals surface area contributed by atoms with Crippen LogP contribution >= 0.6 is 0 Å². The van der Waals surface area contributed by atoms with Crippen molar-refractivity contribution in [2.75, 3.05) is 0 Å². The highest BCUT2D eigenvalue weighted by molar-refractivity contribution is 5.98. The Bertz CT molecular complexity index is 541. The lowest BCUT2D eigenvalue weighted by atomic mass is 10.0. The van der Waals surface area contributed by atoms with E-state index in [4.69, 9.17) is 0 Å². The van der Waals surface area contributed by atoms with Crippen LogP contribution < -0.4 is 10.6 Å². The SMILES string of the molecule is CCCC(C)NC(=O)C(NC(=O)c1c(F)cccc1F)C(C)C. The lowest BCUT2D eigenvalue weighted by molar-refractivity contribution is -0.124. The van der Waals surface area contributed by atoms with Crippen LogP contribution in [0.3, 0.4) is 0 Å². The fourth-order valence-electron chi connectivity index (χ4n) is 2.30. The largest absolute Gasteiger partial charge is 0.352 e. The molecular formula is C17H24F2N2O2. The molecule has 4 nitrogen and oxygen atoms in total. The van der Waals surface area contributed by atoms with Crippen molar-refractivity contribution in [1.82, 2.24) is 10.6 Å². The summed E-state index contributed by atoms with van der Waals surface area (Å²) in [7, 11) is 0. The van der Waals surface area contributed by atoms with Crippen LogP contribution in [0, 0.1) is 17.6 Å². The average Bonchev–Trinajstić information content (AvgIpc) is 2.44. The zero-order valence-electron chi connectivity index (χ0n) is 14.0. The Kier molecular flexibility index (Phi) is 7.13. The smallest absolute Gasteiger partial charge is 0.257 e. The Morgan fingerprint density at radius 3 is 2.13 bits per heavy atom. The zero-order valence-corrected chi connectivity index (χ0v) is 14.0. The molecule has 0 fully saturated rings. The lowest BCUT2D eigenvalue weighted by Crippen LogP contribution is -2.51. The van der Waals surface area contributed by atoms with E-state index in [0.29, 0.717) is 0 Å². The van der Waals surface area contributed by atoms with Crippen LogP contribution in [0.2, 0.25) is 0 Å². The van der Waals surface area contributed by atoms with E-state index >= 15 is 0 Å². The Labute approximate surface area is 135 Å². The van der Waals surface area contributed by atoms with Gasteiger partial charge in [-0.15, -0.1) is 0 Å². The van der Waals surface area contributed by atoms with E-state index in [2.05, 4.69) is 10.6 Å². The van der Waals surface area contributed by atoms with Gasteiger partial charge in [-0.05, 0) is 31.4 Å². The van der Waals surface area contributed by atoms with E-state index < -0.39 is 29.1 Å². The topological polar surface area (TPSA) is 58.2 Å². The summed E-state index contributed by atoms with van der Waals surface area (Å²) in [6, 6.07) is 2.30. The molecule has 0 spiro atoms. The number of nitrogens with one attached hydrogen (secondary N) is 2. The van der Waals surface area contributed by atoms with Crippen molar-refractivity contribution in [3.8, 4) is 0 Å². The van der Waals surface area contributed by atoms with Crippen LogP contribution in [0.1, 0.15) is 50.9 Å². The van der Waals surface area contributed by atoms with Gasteiger partial charge >= 0.3 is 0 Å². The van der Waals surface area contributed by atoms with E-state index in [1.165, 1.54) is 6.07 Å². The summed E-state index contributed by atoms with van der Waals surface area (Å²) in [6.07, 6.45) is 1.73. The molecule has 0 aromatic heterocycles. The maximum Gasteiger partial charge on any atom is 0.257 e. The number of amides is 2. The fourth-order valence-corrected chi connectivity index (χ4v) is 2.30. The molecule has 1 aromatic carbocycles. The van der Waals surface area contributed by atoms with Crippen molar-refractivity contribution in [2.45, 2.75) is 52.6 Å². The van der Waals surface area contributed by atoms with Gasteiger partial charge in [0.15, 0.2) is 0 Å². The minimum absolute atomic E-state index is 0.0316. The molecule has 23 heavy (non-hydrogen) atoms. The zero-order chi connectivity index (χ0) is 17.6. The molecule has 128 valence electrons. The van der Waals surface area contributed by atoms with Gasteiger partial charge in [0, 0.05) is 6.04 Å². The highest BCUT2D eigenvalue weighted by Gasteiger charge is 2.27. The molecule has 0 saturated heterocycles. The summed E-state index contributed by atoms with van der Waals surface area (Å²) in [5.41, 5.74) is -0.674. The molecule has 0 aliphatic rings. The predicted molar refractivity (Wildman–Crippen MR) is 85.0 cm³/mol. The molecule has 2 amide bonds. The van der Waals surface area contributed by atoms with Crippen LogP contribution in [-0.4, -0.2) is 23.9 Å². The molecule has 0 aliphatic carbocycles. The van der Waals surface area contributed by atoms with Gasteiger partial charge in [-0.2, -0.15) is 0 Å². The molecule has 0 heterocycles. The molecule has 0 aliphatic heterocycles. The summed E-state index contributed by atoms with van der Waals surface area (Å²) >= 11 is 0. The molecule has 0 saturated carbocycles. The van der Waals surface area contributed by atoms with E-state index in [9.17, 15) is 18.4 Å².